The van der Waals surface area contributed by atoms with Gasteiger partial charge in [-0.3, -0.25) is 9.97 Å². The first kappa shape index (κ1) is 34.5. The van der Waals surface area contributed by atoms with Gasteiger partial charge in [0.2, 0.25) is 0 Å². The minimum Gasteiger partial charge on any atom is -0.256 e. The topological polar surface area (TPSA) is 51.6 Å². The number of aromatic nitrogens is 4. The number of allylic oxidation sites excluding steroid dienone is 5. The second-order valence-corrected chi connectivity index (χ2v) is 15.1. The Morgan fingerprint density at radius 2 is 1.28 bits per heavy atom. The first-order valence-electron chi connectivity index (χ1n) is 19.8. The van der Waals surface area contributed by atoms with Crippen molar-refractivity contribution in [2.45, 2.75) is 25.2 Å². The lowest BCUT2D eigenvalue weighted by Gasteiger charge is -2.25. The molecule has 3 aromatic heterocycles. The van der Waals surface area contributed by atoms with Crippen LogP contribution in [0.15, 0.2) is 188 Å². The van der Waals surface area contributed by atoms with Crippen molar-refractivity contribution in [3.8, 4) is 45.0 Å². The van der Waals surface area contributed by atoms with Crippen LogP contribution in [0.25, 0.3) is 67.5 Å². The van der Waals surface area contributed by atoms with E-state index >= 15 is 0 Å². The van der Waals surface area contributed by atoms with Crippen molar-refractivity contribution < 1.29 is 0 Å². The third kappa shape index (κ3) is 6.81. The highest BCUT2D eigenvalue weighted by atomic mass is 14.9. The first-order valence-corrected chi connectivity index (χ1v) is 19.8. The van der Waals surface area contributed by atoms with Crippen LogP contribution in [0.4, 0.5) is 0 Å². The Labute approximate surface area is 333 Å². The molecule has 0 amide bonds. The summed E-state index contributed by atoms with van der Waals surface area (Å²) >= 11 is 0. The summed E-state index contributed by atoms with van der Waals surface area (Å²) < 4.78 is 0. The molecule has 57 heavy (non-hydrogen) atoms. The van der Waals surface area contributed by atoms with Gasteiger partial charge in [0.1, 0.15) is 0 Å². The van der Waals surface area contributed by atoms with Gasteiger partial charge in [0.05, 0.1) is 22.8 Å². The van der Waals surface area contributed by atoms with Gasteiger partial charge in [-0.2, -0.15) is 0 Å². The third-order valence-electron chi connectivity index (χ3n) is 11.4. The normalized spacial score (nSPS) is 17.3. The van der Waals surface area contributed by atoms with E-state index in [-0.39, 0.29) is 17.8 Å². The second kappa shape index (κ2) is 14.9. The van der Waals surface area contributed by atoms with E-state index < -0.39 is 0 Å². The fourth-order valence-electron chi connectivity index (χ4n) is 8.52. The molecule has 5 aromatic carbocycles. The Kier molecular flexibility index (Phi) is 9.00. The average Bonchev–Trinajstić information content (AvgIpc) is 3.29. The number of fused-ring (bicyclic) bond motifs is 2. The molecular weight excluding hydrogens is 693 g/mol. The lowest BCUT2D eigenvalue weighted by atomic mass is 9.80. The number of hydrogen-bond donors (Lipinski definition) is 0. The molecule has 4 nitrogen and oxygen atoms in total. The van der Waals surface area contributed by atoms with E-state index in [1.807, 2.05) is 42.7 Å². The smallest absolute Gasteiger partial charge is 0.160 e. The molecule has 0 fully saturated rings. The van der Waals surface area contributed by atoms with Crippen molar-refractivity contribution in [2.75, 3.05) is 0 Å². The Bertz CT molecular complexity index is 2830. The molecule has 8 aromatic rings. The number of benzene rings is 5. The highest BCUT2D eigenvalue weighted by Gasteiger charge is 2.25. The summed E-state index contributed by atoms with van der Waals surface area (Å²) in [5.74, 6) is 1.18. The number of nitrogens with zero attached hydrogens (tertiary/aromatic N) is 4. The monoisotopic (exact) mass is 732 g/mol. The largest absolute Gasteiger partial charge is 0.256 e. The number of rotatable bonds is 7. The van der Waals surface area contributed by atoms with E-state index in [0.29, 0.717) is 0 Å². The quantitative estimate of drug-likeness (QED) is 0.164. The third-order valence-corrected chi connectivity index (χ3v) is 11.4. The van der Waals surface area contributed by atoms with Gasteiger partial charge in [-0.15, -0.1) is 0 Å². The zero-order valence-electron chi connectivity index (χ0n) is 31.7. The summed E-state index contributed by atoms with van der Waals surface area (Å²) in [6.45, 7) is 2.27. The Morgan fingerprint density at radius 3 is 2.09 bits per heavy atom. The maximum absolute atomic E-state index is 5.46. The van der Waals surface area contributed by atoms with Crippen molar-refractivity contribution in [2.24, 2.45) is 5.92 Å². The van der Waals surface area contributed by atoms with E-state index in [9.17, 15) is 0 Å². The molecule has 0 spiro atoms. The first-order chi connectivity index (χ1) is 28.1. The van der Waals surface area contributed by atoms with Crippen LogP contribution in [0, 0.1) is 5.92 Å². The van der Waals surface area contributed by atoms with Gasteiger partial charge >= 0.3 is 0 Å². The Morgan fingerprint density at radius 1 is 0.561 bits per heavy atom. The lowest BCUT2D eigenvalue weighted by Crippen LogP contribution is -2.12. The van der Waals surface area contributed by atoms with Crippen LogP contribution in [-0.4, -0.2) is 19.9 Å². The zero-order chi connectivity index (χ0) is 38.1. The summed E-state index contributed by atoms with van der Waals surface area (Å²) in [5.41, 5.74) is 14.3. The summed E-state index contributed by atoms with van der Waals surface area (Å²) in [4.78, 5) is 20.1. The van der Waals surface area contributed by atoms with Gasteiger partial charge < -0.3 is 0 Å². The molecule has 0 N–H and O–H groups in total. The predicted octanol–water partition coefficient (Wildman–Crippen LogP) is 13.0. The summed E-state index contributed by atoms with van der Waals surface area (Å²) in [6.07, 6.45) is 16.0. The van der Waals surface area contributed by atoms with Crippen molar-refractivity contribution >= 4 is 22.4 Å². The van der Waals surface area contributed by atoms with Gasteiger partial charge in [-0.1, -0.05) is 146 Å². The molecule has 3 unspecified atom stereocenters. The van der Waals surface area contributed by atoms with E-state index in [0.717, 1.165) is 62.8 Å². The standard InChI is InChI=1S/C53H40N4/c1-35-30-40(50-21-7-9-29-55-50)26-27-44(35)52-34-51(39-24-22-38(23-25-39)49-20-6-8-28-54-49)56-53(57-52)43-32-41(47-18-10-14-36-12-2-4-16-45(36)47)31-42(33-43)48-19-11-15-37-13-3-5-17-46(37)48/h2-18,20-35,44,48H,19H2,1H3. The summed E-state index contributed by atoms with van der Waals surface area (Å²) in [5, 5.41) is 2.45. The predicted molar refractivity (Wildman–Crippen MR) is 234 cm³/mol. The van der Waals surface area contributed by atoms with Crippen molar-refractivity contribution in [1.82, 2.24) is 19.9 Å². The fraction of sp³-hybridized carbons (Fsp3) is 0.0943. The summed E-state index contributed by atoms with van der Waals surface area (Å²) in [7, 11) is 0. The van der Waals surface area contributed by atoms with Gasteiger partial charge in [0.25, 0.3) is 0 Å². The molecule has 2 aliphatic rings. The molecule has 4 heteroatoms. The van der Waals surface area contributed by atoms with Crippen LogP contribution < -0.4 is 0 Å². The highest BCUT2D eigenvalue weighted by molar-refractivity contribution is 5.97. The second-order valence-electron chi connectivity index (χ2n) is 15.1. The van der Waals surface area contributed by atoms with Gasteiger partial charge in [0.15, 0.2) is 5.82 Å². The van der Waals surface area contributed by atoms with Crippen molar-refractivity contribution in [3.05, 3.63) is 216 Å². The maximum Gasteiger partial charge on any atom is 0.160 e. The van der Waals surface area contributed by atoms with Crippen molar-refractivity contribution in [1.29, 1.82) is 0 Å². The highest BCUT2D eigenvalue weighted by Crippen LogP contribution is 2.41. The van der Waals surface area contributed by atoms with Crippen molar-refractivity contribution in [3.63, 3.8) is 0 Å². The summed E-state index contributed by atoms with van der Waals surface area (Å²) in [6, 6.07) is 53.9. The van der Waals surface area contributed by atoms with Gasteiger partial charge in [-0.25, -0.2) is 9.97 Å². The Balaban J connectivity index is 1.14. The zero-order valence-corrected chi connectivity index (χ0v) is 31.7. The van der Waals surface area contributed by atoms with E-state index in [2.05, 4.69) is 169 Å². The van der Waals surface area contributed by atoms with Crippen LogP contribution >= 0.6 is 0 Å². The van der Waals surface area contributed by atoms with Crippen LogP contribution in [0.3, 0.4) is 0 Å². The number of pyridine rings is 2. The van der Waals surface area contributed by atoms with E-state index in [4.69, 9.17) is 9.97 Å². The molecule has 0 bridgehead atoms. The molecule has 3 heterocycles. The van der Waals surface area contributed by atoms with E-state index in [1.165, 1.54) is 33.0 Å². The molecule has 2 aliphatic carbocycles. The van der Waals surface area contributed by atoms with Gasteiger partial charge in [-0.05, 0) is 99.0 Å². The minimum atomic E-state index is 0.0573. The lowest BCUT2D eigenvalue weighted by molar-refractivity contribution is 0.621. The molecular formula is C53H40N4. The number of hydrogen-bond acceptors (Lipinski definition) is 4. The molecule has 0 saturated carbocycles. The molecule has 272 valence electrons. The molecule has 0 aliphatic heterocycles. The fourth-order valence-corrected chi connectivity index (χ4v) is 8.52. The van der Waals surface area contributed by atoms with Gasteiger partial charge in [0, 0.05) is 40.9 Å². The van der Waals surface area contributed by atoms with Crippen LogP contribution in [0.5, 0.6) is 0 Å². The minimum absolute atomic E-state index is 0.0573. The molecule has 0 radical (unpaired) electrons. The van der Waals surface area contributed by atoms with Crippen LogP contribution in [0.2, 0.25) is 0 Å². The maximum atomic E-state index is 5.46. The molecule has 3 atom stereocenters. The Hall–Kier alpha value is -7.04. The molecule has 0 saturated heterocycles. The average molecular weight is 733 g/mol. The SMILES string of the molecule is CC1C=C(c2ccccn2)C=CC1c1cc(-c2ccc(-c3ccccn3)cc2)nc(-c2cc(-c3cccc4ccccc34)cc(C3CC=Cc4ccccc43)c2)n1. The van der Waals surface area contributed by atoms with E-state index in [1.54, 1.807) is 0 Å². The molecule has 10 rings (SSSR count). The van der Waals surface area contributed by atoms with Crippen LogP contribution in [0.1, 0.15) is 53.3 Å². The van der Waals surface area contributed by atoms with Crippen LogP contribution in [-0.2, 0) is 0 Å².